The summed E-state index contributed by atoms with van der Waals surface area (Å²) in [7, 11) is 0. The number of rotatable bonds is 4. The van der Waals surface area contributed by atoms with E-state index in [1.165, 1.54) is 5.57 Å². The highest BCUT2D eigenvalue weighted by atomic mass is 19.4. The van der Waals surface area contributed by atoms with Crippen molar-refractivity contribution in [1.29, 1.82) is 0 Å². The Morgan fingerprint density at radius 1 is 1.16 bits per heavy atom. The first-order chi connectivity index (χ1) is 8.73. The molecule has 0 amide bonds. The van der Waals surface area contributed by atoms with Gasteiger partial charge in [0.1, 0.15) is 6.54 Å². The fraction of sp³-hybridized carbons (Fsp3) is 0.800. The van der Waals surface area contributed by atoms with Crippen LogP contribution in [0.4, 0.5) is 13.2 Å². The minimum absolute atomic E-state index is 0.0800. The number of nitrogens with zero attached hydrogens (tertiary/aromatic N) is 1. The predicted molar refractivity (Wildman–Crippen MR) is 71.4 cm³/mol. The molecule has 0 radical (unpaired) electrons. The summed E-state index contributed by atoms with van der Waals surface area (Å²) in [5.74, 6) is 0. The second-order valence-electron chi connectivity index (χ2n) is 6.21. The minimum atomic E-state index is -4.20. The highest BCUT2D eigenvalue weighted by Gasteiger charge is 2.56. The van der Waals surface area contributed by atoms with Gasteiger partial charge in [-0.3, -0.25) is 4.99 Å². The van der Waals surface area contributed by atoms with Gasteiger partial charge in [0.15, 0.2) is 0 Å². The molecule has 0 aromatic rings. The van der Waals surface area contributed by atoms with Crippen molar-refractivity contribution in [3.63, 3.8) is 0 Å². The molecule has 0 aliphatic heterocycles. The molecule has 2 rings (SSSR count). The number of hydrogen-bond donors (Lipinski definition) is 0. The zero-order valence-electron chi connectivity index (χ0n) is 11.7. The molecule has 0 heterocycles. The van der Waals surface area contributed by atoms with Crippen molar-refractivity contribution in [3.8, 4) is 0 Å². The lowest BCUT2D eigenvalue weighted by Crippen LogP contribution is -2.25. The molecule has 2 fully saturated rings. The fourth-order valence-corrected chi connectivity index (χ4v) is 3.93. The predicted octanol–water partition coefficient (Wildman–Crippen LogP) is 4.93. The average molecular weight is 273 g/mol. The Bertz CT molecular complexity index is 398. The lowest BCUT2D eigenvalue weighted by Gasteiger charge is -2.29. The highest BCUT2D eigenvalue weighted by molar-refractivity contribution is 5.89. The van der Waals surface area contributed by atoms with E-state index < -0.39 is 12.7 Å². The molecular weight excluding hydrogens is 251 g/mol. The molecule has 2 aliphatic carbocycles. The third kappa shape index (κ3) is 2.59. The molecule has 0 N–H and O–H groups in total. The Labute approximate surface area is 113 Å². The molecule has 2 bridgehead atoms. The molecule has 0 aromatic heterocycles. The first-order valence-corrected chi connectivity index (χ1v) is 7.00. The Morgan fingerprint density at radius 3 is 2.16 bits per heavy atom. The molecule has 0 spiro atoms. The molecule has 0 saturated heterocycles. The zero-order chi connectivity index (χ0) is 14.3. The number of fused-ring (bicyclic) bond motifs is 2. The van der Waals surface area contributed by atoms with E-state index in [0.717, 1.165) is 38.5 Å². The highest BCUT2D eigenvalue weighted by Crippen LogP contribution is 2.65. The fourth-order valence-electron chi connectivity index (χ4n) is 3.93. The van der Waals surface area contributed by atoms with Crippen LogP contribution in [0.3, 0.4) is 0 Å². The summed E-state index contributed by atoms with van der Waals surface area (Å²) in [4.78, 5) is 3.83. The van der Waals surface area contributed by atoms with Crippen LogP contribution in [-0.2, 0) is 0 Å². The third-order valence-electron chi connectivity index (χ3n) is 5.28. The first kappa shape index (κ1) is 14.6. The summed E-state index contributed by atoms with van der Waals surface area (Å²) in [6, 6.07) is 0. The quantitative estimate of drug-likeness (QED) is 0.509. The maximum absolute atomic E-state index is 12.3. The largest absolute Gasteiger partial charge is 0.407 e. The summed E-state index contributed by atoms with van der Waals surface area (Å²) in [5.41, 5.74) is 2.08. The summed E-state index contributed by atoms with van der Waals surface area (Å²) in [6.07, 6.45) is 1.81. The van der Waals surface area contributed by atoms with Crippen molar-refractivity contribution in [2.45, 2.75) is 58.5 Å². The van der Waals surface area contributed by atoms with Crippen molar-refractivity contribution in [1.82, 2.24) is 0 Å². The van der Waals surface area contributed by atoms with Gasteiger partial charge in [0.05, 0.1) is 0 Å². The van der Waals surface area contributed by atoms with Crippen LogP contribution in [-0.4, -0.2) is 18.4 Å². The van der Waals surface area contributed by atoms with E-state index >= 15 is 0 Å². The lowest BCUT2D eigenvalue weighted by atomic mass is 9.76. The second kappa shape index (κ2) is 4.64. The molecule has 19 heavy (non-hydrogen) atoms. The van der Waals surface area contributed by atoms with Gasteiger partial charge in [0, 0.05) is 11.1 Å². The lowest BCUT2D eigenvalue weighted by molar-refractivity contribution is -0.118. The molecule has 4 heteroatoms. The van der Waals surface area contributed by atoms with Crippen LogP contribution in [0.25, 0.3) is 0 Å². The second-order valence-corrected chi connectivity index (χ2v) is 6.21. The van der Waals surface area contributed by atoms with Crippen molar-refractivity contribution in [2.75, 3.05) is 6.54 Å². The summed E-state index contributed by atoms with van der Waals surface area (Å²) >= 11 is 0. The summed E-state index contributed by atoms with van der Waals surface area (Å²) < 4.78 is 36.8. The van der Waals surface area contributed by atoms with E-state index in [4.69, 9.17) is 0 Å². The van der Waals surface area contributed by atoms with Crippen molar-refractivity contribution < 1.29 is 13.2 Å². The van der Waals surface area contributed by atoms with E-state index in [2.05, 4.69) is 18.5 Å². The first-order valence-electron chi connectivity index (χ1n) is 7.00. The van der Waals surface area contributed by atoms with Crippen LogP contribution in [0.5, 0.6) is 0 Å². The number of aliphatic imine (C=N–C) groups is 1. The Balaban J connectivity index is 2.13. The van der Waals surface area contributed by atoms with E-state index in [1.807, 2.05) is 0 Å². The van der Waals surface area contributed by atoms with Gasteiger partial charge in [-0.1, -0.05) is 19.1 Å². The van der Waals surface area contributed by atoms with Gasteiger partial charge < -0.3 is 0 Å². The van der Waals surface area contributed by atoms with Crippen LogP contribution in [0, 0.1) is 10.8 Å². The van der Waals surface area contributed by atoms with Gasteiger partial charge in [-0.25, -0.2) is 0 Å². The van der Waals surface area contributed by atoms with E-state index in [0.29, 0.717) is 5.71 Å². The standard InChI is InChI=1S/C15H22F3N/c1-4-11(2)13-5-7-14(9-13,8-6-13)12(3)19-10-15(16,17)18/h2,4-10H2,1,3H3/b19-12+. The third-order valence-corrected chi connectivity index (χ3v) is 5.28. The maximum Gasteiger partial charge on any atom is 0.407 e. The van der Waals surface area contributed by atoms with E-state index in [9.17, 15) is 13.2 Å². The monoisotopic (exact) mass is 273 g/mol. The van der Waals surface area contributed by atoms with Crippen molar-refractivity contribution >= 4 is 5.71 Å². The van der Waals surface area contributed by atoms with Crippen LogP contribution >= 0.6 is 0 Å². The molecule has 2 aliphatic rings. The van der Waals surface area contributed by atoms with Crippen molar-refractivity contribution in [3.05, 3.63) is 12.2 Å². The minimum Gasteiger partial charge on any atom is -0.284 e. The van der Waals surface area contributed by atoms with Crippen LogP contribution in [0.1, 0.15) is 52.4 Å². The van der Waals surface area contributed by atoms with Gasteiger partial charge in [0.2, 0.25) is 0 Å². The Hall–Kier alpha value is -0.800. The zero-order valence-corrected chi connectivity index (χ0v) is 11.7. The van der Waals surface area contributed by atoms with Gasteiger partial charge in [-0.15, -0.1) is 0 Å². The number of allylic oxidation sites excluding steroid dienone is 1. The number of hydrogen-bond acceptors (Lipinski definition) is 1. The van der Waals surface area contributed by atoms with E-state index in [-0.39, 0.29) is 10.8 Å². The van der Waals surface area contributed by atoms with Gasteiger partial charge >= 0.3 is 6.18 Å². The Kier molecular flexibility index (Phi) is 3.56. The molecule has 108 valence electrons. The molecule has 1 nitrogen and oxygen atoms in total. The maximum atomic E-state index is 12.3. The van der Waals surface area contributed by atoms with Crippen LogP contribution < -0.4 is 0 Å². The summed E-state index contributed by atoms with van der Waals surface area (Å²) in [6.45, 7) is 7.03. The summed E-state index contributed by atoms with van der Waals surface area (Å²) in [5, 5.41) is 0. The normalized spacial score (nSPS) is 34.9. The van der Waals surface area contributed by atoms with Crippen LogP contribution in [0.15, 0.2) is 17.1 Å². The number of alkyl halides is 3. The van der Waals surface area contributed by atoms with Gasteiger partial charge in [-0.05, 0) is 50.9 Å². The van der Waals surface area contributed by atoms with Gasteiger partial charge in [0.25, 0.3) is 0 Å². The van der Waals surface area contributed by atoms with Gasteiger partial charge in [-0.2, -0.15) is 13.2 Å². The van der Waals surface area contributed by atoms with Crippen molar-refractivity contribution in [2.24, 2.45) is 15.8 Å². The topological polar surface area (TPSA) is 12.4 Å². The molecular formula is C15H22F3N. The van der Waals surface area contributed by atoms with Crippen LogP contribution in [0.2, 0.25) is 0 Å². The molecule has 0 unspecified atom stereocenters. The molecule has 0 aromatic carbocycles. The SMILES string of the molecule is C=C(CC)C12CCC(/C(C)=N/CC(F)(F)F)(CC1)C2. The molecule has 2 saturated carbocycles. The Morgan fingerprint density at radius 2 is 1.68 bits per heavy atom. The van der Waals surface area contributed by atoms with E-state index in [1.54, 1.807) is 6.92 Å². The molecule has 0 atom stereocenters. The average Bonchev–Trinajstić information content (AvgIpc) is 2.92. The smallest absolute Gasteiger partial charge is 0.284 e. The number of halogens is 3.